The Morgan fingerprint density at radius 3 is 2.62 bits per heavy atom. The van der Waals surface area contributed by atoms with Gasteiger partial charge in [-0.15, -0.1) is 0 Å². The second kappa shape index (κ2) is 5.83. The van der Waals surface area contributed by atoms with Crippen molar-refractivity contribution in [1.29, 1.82) is 0 Å². The molecule has 0 aromatic carbocycles. The number of aromatic nitrogens is 2. The molecule has 1 aliphatic heterocycles. The molecule has 4 rings (SSSR count). The smallest absolute Gasteiger partial charge is 0.368 e. The normalized spacial score (nSPS) is 34.2. The first kappa shape index (κ1) is 17.6. The van der Waals surface area contributed by atoms with E-state index < -0.39 is 17.7 Å². The van der Waals surface area contributed by atoms with Gasteiger partial charge in [0, 0.05) is 26.2 Å². The lowest BCUT2D eigenvalue weighted by atomic mass is 9.81. The van der Waals surface area contributed by atoms with E-state index >= 15 is 0 Å². The maximum absolute atomic E-state index is 13.4. The SMILES string of the molecule is CO[C@]1(C(F)(F)F)C[C@H]2C[C@@H]1C[C@@H]2NC(=O)N1CC(c2nc(C)no2)C1. The largest absolute Gasteiger partial charge is 0.417 e. The van der Waals surface area contributed by atoms with Gasteiger partial charge in [-0.1, -0.05) is 5.16 Å². The Bertz CT molecular complexity index is 703. The average Bonchev–Trinajstić information content (AvgIpc) is 3.19. The number of rotatable bonds is 3. The lowest BCUT2D eigenvalue weighted by molar-refractivity contribution is -0.287. The van der Waals surface area contributed by atoms with Crippen LogP contribution in [0.5, 0.6) is 0 Å². The second-order valence-corrected chi connectivity index (χ2v) is 7.56. The maximum atomic E-state index is 13.4. The zero-order valence-corrected chi connectivity index (χ0v) is 14.5. The van der Waals surface area contributed by atoms with Crippen molar-refractivity contribution in [3.05, 3.63) is 11.7 Å². The van der Waals surface area contributed by atoms with Gasteiger partial charge in [0.1, 0.15) is 0 Å². The predicted molar refractivity (Wildman–Crippen MR) is 82.3 cm³/mol. The third kappa shape index (κ3) is 2.57. The summed E-state index contributed by atoms with van der Waals surface area (Å²) in [5.74, 6) is 0.278. The fourth-order valence-electron chi connectivity index (χ4n) is 4.71. The molecule has 26 heavy (non-hydrogen) atoms. The topological polar surface area (TPSA) is 80.5 Å². The van der Waals surface area contributed by atoms with Gasteiger partial charge in [0.05, 0.1) is 5.92 Å². The van der Waals surface area contributed by atoms with E-state index in [2.05, 4.69) is 15.5 Å². The molecule has 3 fully saturated rings. The quantitative estimate of drug-likeness (QED) is 0.878. The van der Waals surface area contributed by atoms with Crippen molar-refractivity contribution in [2.45, 2.75) is 49.9 Å². The molecule has 1 saturated heterocycles. The molecule has 0 spiro atoms. The number of carbonyl (C=O) groups excluding carboxylic acids is 1. The number of hydrogen-bond donors (Lipinski definition) is 1. The summed E-state index contributed by atoms with van der Waals surface area (Å²) in [7, 11) is 1.13. The monoisotopic (exact) mass is 374 g/mol. The number of amides is 2. The van der Waals surface area contributed by atoms with E-state index in [-0.39, 0.29) is 30.3 Å². The Kier molecular flexibility index (Phi) is 3.94. The Labute approximate surface area is 148 Å². The summed E-state index contributed by atoms with van der Waals surface area (Å²) in [6, 6.07) is -0.479. The minimum atomic E-state index is -4.39. The van der Waals surface area contributed by atoms with Crippen LogP contribution < -0.4 is 5.32 Å². The number of halogens is 3. The highest BCUT2D eigenvalue weighted by molar-refractivity contribution is 5.75. The van der Waals surface area contributed by atoms with Crippen LogP contribution in [-0.4, -0.2) is 59.1 Å². The van der Waals surface area contributed by atoms with E-state index in [1.807, 2.05) is 0 Å². The van der Waals surface area contributed by atoms with Gasteiger partial charge >= 0.3 is 12.2 Å². The number of ether oxygens (including phenoxy) is 1. The van der Waals surface area contributed by atoms with Crippen molar-refractivity contribution in [2.75, 3.05) is 20.2 Å². The molecule has 144 valence electrons. The molecule has 0 unspecified atom stereocenters. The van der Waals surface area contributed by atoms with Crippen LogP contribution in [0.2, 0.25) is 0 Å². The van der Waals surface area contributed by atoms with Crippen LogP contribution in [0.3, 0.4) is 0 Å². The van der Waals surface area contributed by atoms with Crippen LogP contribution in [0.25, 0.3) is 0 Å². The van der Waals surface area contributed by atoms with Gasteiger partial charge in [-0.25, -0.2) is 4.79 Å². The number of urea groups is 1. The van der Waals surface area contributed by atoms with E-state index in [0.717, 1.165) is 7.11 Å². The first-order chi connectivity index (χ1) is 12.2. The zero-order chi connectivity index (χ0) is 18.7. The fraction of sp³-hybridized carbons (Fsp3) is 0.812. The zero-order valence-electron chi connectivity index (χ0n) is 14.5. The van der Waals surface area contributed by atoms with E-state index in [4.69, 9.17) is 9.26 Å². The highest BCUT2D eigenvalue weighted by Crippen LogP contribution is 2.58. The lowest BCUT2D eigenvalue weighted by Crippen LogP contribution is -2.58. The van der Waals surface area contributed by atoms with Gasteiger partial charge in [0.15, 0.2) is 11.4 Å². The van der Waals surface area contributed by atoms with Crippen molar-refractivity contribution in [3.63, 3.8) is 0 Å². The van der Waals surface area contributed by atoms with E-state index in [9.17, 15) is 18.0 Å². The van der Waals surface area contributed by atoms with E-state index in [1.54, 1.807) is 11.8 Å². The molecule has 2 saturated carbocycles. The van der Waals surface area contributed by atoms with E-state index in [1.165, 1.54) is 0 Å². The number of fused-ring (bicyclic) bond motifs is 2. The van der Waals surface area contributed by atoms with Gasteiger partial charge < -0.3 is 19.5 Å². The molecule has 2 aliphatic carbocycles. The summed E-state index contributed by atoms with van der Waals surface area (Å²) in [4.78, 5) is 18.1. The summed E-state index contributed by atoms with van der Waals surface area (Å²) in [5, 5.41) is 6.63. The number of carbonyl (C=O) groups is 1. The third-order valence-electron chi connectivity index (χ3n) is 6.13. The first-order valence-electron chi connectivity index (χ1n) is 8.71. The average molecular weight is 374 g/mol. The highest BCUT2D eigenvalue weighted by Gasteiger charge is 2.68. The molecule has 2 amide bonds. The summed E-state index contributed by atoms with van der Waals surface area (Å²) >= 11 is 0. The lowest BCUT2D eigenvalue weighted by Gasteiger charge is -2.42. The fourth-order valence-corrected chi connectivity index (χ4v) is 4.71. The van der Waals surface area contributed by atoms with Crippen LogP contribution >= 0.6 is 0 Å². The number of methoxy groups -OCH3 is 1. The standard InChI is InChI=1S/C16H21F3N4O3/c1-8-20-13(26-22-8)10-6-23(7-10)14(24)21-12-4-11-3-9(12)5-15(11,25-2)16(17,18)19/h9-12H,3-7H2,1-2H3,(H,21,24)/t9-,11-,12+,15-/m1/s1. The number of likely N-dealkylation sites (tertiary alicyclic amines) is 1. The predicted octanol–water partition coefficient (Wildman–Crippen LogP) is 2.23. The number of alkyl halides is 3. The summed E-state index contributed by atoms with van der Waals surface area (Å²) in [6.45, 7) is 2.67. The van der Waals surface area contributed by atoms with Crippen molar-refractivity contribution in [3.8, 4) is 0 Å². The van der Waals surface area contributed by atoms with Gasteiger partial charge in [-0.05, 0) is 38.0 Å². The summed E-state index contributed by atoms with van der Waals surface area (Å²) < 4.78 is 50.3. The summed E-state index contributed by atoms with van der Waals surface area (Å²) in [5.41, 5.74) is -2.06. The minimum absolute atomic E-state index is 0.0216. The Hall–Kier alpha value is -1.84. The molecular formula is C16H21F3N4O3. The third-order valence-corrected chi connectivity index (χ3v) is 6.13. The van der Waals surface area contributed by atoms with Gasteiger partial charge in [0.25, 0.3) is 0 Å². The van der Waals surface area contributed by atoms with Crippen LogP contribution in [-0.2, 0) is 4.74 Å². The van der Waals surface area contributed by atoms with Crippen molar-refractivity contribution in [1.82, 2.24) is 20.4 Å². The summed E-state index contributed by atoms with van der Waals surface area (Å²) in [6.07, 6.45) is -3.75. The Balaban J connectivity index is 1.31. The highest BCUT2D eigenvalue weighted by atomic mass is 19.4. The molecule has 1 aromatic heterocycles. The molecule has 7 nitrogen and oxygen atoms in total. The molecule has 10 heteroatoms. The van der Waals surface area contributed by atoms with Gasteiger partial charge in [0.2, 0.25) is 5.89 Å². The number of nitrogens with one attached hydrogen (secondary N) is 1. The maximum Gasteiger partial charge on any atom is 0.417 e. The number of hydrogen-bond acceptors (Lipinski definition) is 5. The molecular weight excluding hydrogens is 353 g/mol. The molecule has 2 bridgehead atoms. The first-order valence-corrected chi connectivity index (χ1v) is 8.71. The number of aryl methyl sites for hydroxylation is 1. The van der Waals surface area contributed by atoms with Gasteiger partial charge in [-0.2, -0.15) is 18.2 Å². The van der Waals surface area contributed by atoms with E-state index in [0.29, 0.717) is 37.6 Å². The molecule has 1 aromatic rings. The van der Waals surface area contributed by atoms with Crippen LogP contribution in [0.1, 0.15) is 36.9 Å². The Morgan fingerprint density at radius 2 is 2.12 bits per heavy atom. The van der Waals surface area contributed by atoms with Gasteiger partial charge in [-0.3, -0.25) is 0 Å². The van der Waals surface area contributed by atoms with Crippen LogP contribution in [0.15, 0.2) is 4.52 Å². The molecule has 4 atom stereocenters. The molecule has 0 radical (unpaired) electrons. The van der Waals surface area contributed by atoms with Crippen LogP contribution in [0, 0.1) is 18.8 Å². The number of nitrogens with zero attached hydrogens (tertiary/aromatic N) is 3. The van der Waals surface area contributed by atoms with Crippen molar-refractivity contribution < 1.29 is 27.2 Å². The van der Waals surface area contributed by atoms with Crippen molar-refractivity contribution >= 4 is 6.03 Å². The Morgan fingerprint density at radius 1 is 1.38 bits per heavy atom. The molecule has 1 N–H and O–H groups in total. The van der Waals surface area contributed by atoms with Crippen molar-refractivity contribution in [2.24, 2.45) is 11.8 Å². The second-order valence-electron chi connectivity index (χ2n) is 7.56. The molecule has 2 heterocycles. The molecule has 3 aliphatic rings. The minimum Gasteiger partial charge on any atom is -0.368 e. The van der Waals surface area contributed by atoms with Crippen LogP contribution in [0.4, 0.5) is 18.0 Å².